The van der Waals surface area contributed by atoms with Crippen molar-refractivity contribution in [2.24, 2.45) is 5.92 Å². The van der Waals surface area contributed by atoms with Gasteiger partial charge in [-0.25, -0.2) is 4.68 Å². The van der Waals surface area contributed by atoms with Crippen molar-refractivity contribution in [2.45, 2.75) is 12.5 Å². The molecule has 3 aromatic rings. The lowest BCUT2D eigenvalue weighted by Gasteiger charge is -2.30. The highest BCUT2D eigenvalue weighted by Gasteiger charge is 2.26. The van der Waals surface area contributed by atoms with Crippen LogP contribution < -0.4 is 5.01 Å². The largest absolute Gasteiger partial charge is 0.506 e. The van der Waals surface area contributed by atoms with Crippen LogP contribution >= 0.6 is 11.6 Å². The Kier molecular flexibility index (Phi) is 4.87. The quantitative estimate of drug-likeness (QED) is 0.709. The molecule has 0 radical (unpaired) electrons. The van der Waals surface area contributed by atoms with Crippen molar-refractivity contribution in [3.8, 4) is 11.8 Å². The predicted octanol–water partition coefficient (Wildman–Crippen LogP) is 3.75. The Hall–Kier alpha value is -3.50. The van der Waals surface area contributed by atoms with E-state index in [0.29, 0.717) is 6.54 Å². The molecule has 2 heterocycles. The standard InChI is InChI=1S/C20H16ClN5O2/c21-19-7-14(1-4-20(19)27)10-26(25-12-23-24-13-25)17-3-2-15(9-22)18(8-17)16-5-6-28-11-16/h1-8,11-13,15,18,27H,10H2. The molecule has 0 fully saturated rings. The average molecular weight is 394 g/mol. The number of phenolic OH excluding ortho intramolecular Hbond substituents is 1. The summed E-state index contributed by atoms with van der Waals surface area (Å²) >= 11 is 6.06. The van der Waals surface area contributed by atoms with Crippen LogP contribution in [0.25, 0.3) is 0 Å². The number of nitriles is 1. The van der Waals surface area contributed by atoms with Crippen molar-refractivity contribution < 1.29 is 9.52 Å². The number of hydrogen-bond acceptors (Lipinski definition) is 6. The van der Waals surface area contributed by atoms with Crippen LogP contribution in [0.5, 0.6) is 5.75 Å². The van der Waals surface area contributed by atoms with E-state index in [-0.39, 0.29) is 22.6 Å². The molecule has 0 amide bonds. The molecule has 1 aliphatic carbocycles. The Bertz CT molecular complexity index is 1050. The molecule has 2 aromatic heterocycles. The van der Waals surface area contributed by atoms with Gasteiger partial charge in [-0.2, -0.15) is 5.26 Å². The molecule has 1 N–H and O–H groups in total. The third-order valence-corrected chi connectivity index (χ3v) is 4.92. The van der Waals surface area contributed by atoms with E-state index >= 15 is 0 Å². The molecule has 1 aromatic carbocycles. The summed E-state index contributed by atoms with van der Waals surface area (Å²) in [7, 11) is 0. The maximum atomic E-state index is 9.67. The van der Waals surface area contributed by atoms with Gasteiger partial charge in [-0.15, -0.1) is 10.2 Å². The van der Waals surface area contributed by atoms with E-state index in [1.165, 1.54) is 0 Å². The van der Waals surface area contributed by atoms with Gasteiger partial charge in [0.05, 0.1) is 41.8 Å². The Morgan fingerprint density at radius 1 is 1.29 bits per heavy atom. The van der Waals surface area contributed by atoms with Gasteiger partial charge in [-0.1, -0.05) is 23.7 Å². The number of rotatable bonds is 5. The first-order chi connectivity index (χ1) is 13.7. The van der Waals surface area contributed by atoms with E-state index in [4.69, 9.17) is 16.0 Å². The van der Waals surface area contributed by atoms with Gasteiger partial charge in [0.1, 0.15) is 18.4 Å². The molecule has 4 rings (SSSR count). The number of phenols is 1. The Morgan fingerprint density at radius 2 is 2.11 bits per heavy atom. The molecule has 2 atom stereocenters. The van der Waals surface area contributed by atoms with Gasteiger partial charge in [0, 0.05) is 5.92 Å². The maximum Gasteiger partial charge on any atom is 0.139 e. The Labute approximate surface area is 166 Å². The molecule has 0 saturated carbocycles. The first kappa shape index (κ1) is 17.9. The predicted molar refractivity (Wildman–Crippen MR) is 103 cm³/mol. The van der Waals surface area contributed by atoms with Crippen molar-refractivity contribution in [3.05, 3.63) is 89.5 Å². The summed E-state index contributed by atoms with van der Waals surface area (Å²) in [5.41, 5.74) is 2.71. The highest BCUT2D eigenvalue weighted by Crippen LogP contribution is 2.33. The fraction of sp³-hybridized carbons (Fsp3) is 0.150. The summed E-state index contributed by atoms with van der Waals surface area (Å²) in [6, 6.07) is 9.28. The van der Waals surface area contributed by atoms with Crippen LogP contribution in [-0.2, 0) is 6.54 Å². The van der Waals surface area contributed by atoms with Crippen LogP contribution in [0.3, 0.4) is 0 Å². The van der Waals surface area contributed by atoms with Gasteiger partial charge < -0.3 is 9.52 Å². The lowest BCUT2D eigenvalue weighted by atomic mass is 9.84. The lowest BCUT2D eigenvalue weighted by molar-refractivity contribution is 0.475. The number of aromatic nitrogens is 3. The van der Waals surface area contributed by atoms with E-state index in [1.54, 1.807) is 48.1 Å². The second-order valence-corrected chi connectivity index (χ2v) is 6.78. The summed E-state index contributed by atoms with van der Waals surface area (Å²) in [5.74, 6) is -0.381. The molecule has 7 nitrogen and oxygen atoms in total. The molecular formula is C20H16ClN5O2. The van der Waals surface area contributed by atoms with E-state index in [1.807, 2.05) is 29.3 Å². The SMILES string of the molecule is N#CC1C=CC(N(Cc2ccc(O)c(Cl)c2)n2cnnc2)=CC1c1ccoc1. The van der Waals surface area contributed by atoms with Crippen molar-refractivity contribution in [3.63, 3.8) is 0 Å². The van der Waals surface area contributed by atoms with Crippen LogP contribution in [0.15, 0.2) is 77.8 Å². The molecule has 0 aliphatic heterocycles. The Morgan fingerprint density at radius 3 is 2.79 bits per heavy atom. The Balaban J connectivity index is 1.71. The first-order valence-corrected chi connectivity index (χ1v) is 8.95. The highest BCUT2D eigenvalue weighted by atomic mass is 35.5. The summed E-state index contributed by atoms with van der Waals surface area (Å²) in [6.45, 7) is 0.462. The molecule has 0 spiro atoms. The van der Waals surface area contributed by atoms with E-state index in [0.717, 1.165) is 16.8 Å². The summed E-state index contributed by atoms with van der Waals surface area (Å²) in [4.78, 5) is 0. The molecule has 28 heavy (non-hydrogen) atoms. The van der Waals surface area contributed by atoms with E-state index in [2.05, 4.69) is 16.3 Å². The number of halogens is 1. The van der Waals surface area contributed by atoms with Crippen molar-refractivity contribution in [2.75, 3.05) is 5.01 Å². The minimum atomic E-state index is -0.285. The number of nitrogens with zero attached hydrogens (tertiary/aromatic N) is 5. The average Bonchev–Trinajstić information content (AvgIpc) is 3.42. The fourth-order valence-corrected chi connectivity index (χ4v) is 3.38. The van der Waals surface area contributed by atoms with Crippen molar-refractivity contribution >= 4 is 11.6 Å². The second kappa shape index (κ2) is 7.62. The van der Waals surface area contributed by atoms with Crippen LogP contribution in [-0.4, -0.2) is 20.0 Å². The van der Waals surface area contributed by atoms with E-state index < -0.39 is 0 Å². The number of furan rings is 1. The van der Waals surface area contributed by atoms with Gasteiger partial charge >= 0.3 is 0 Å². The van der Waals surface area contributed by atoms with Crippen LogP contribution in [0.2, 0.25) is 5.02 Å². The maximum absolute atomic E-state index is 9.67. The van der Waals surface area contributed by atoms with Gasteiger partial charge in [0.25, 0.3) is 0 Å². The highest BCUT2D eigenvalue weighted by molar-refractivity contribution is 6.32. The van der Waals surface area contributed by atoms with Gasteiger partial charge in [0.2, 0.25) is 0 Å². The minimum Gasteiger partial charge on any atom is -0.506 e. The summed E-state index contributed by atoms with van der Waals surface area (Å²) in [5, 5.41) is 29.2. The molecular weight excluding hydrogens is 378 g/mol. The molecule has 1 aliphatic rings. The monoisotopic (exact) mass is 393 g/mol. The molecule has 0 bridgehead atoms. The van der Waals surface area contributed by atoms with Gasteiger partial charge in [-0.3, -0.25) is 5.01 Å². The van der Waals surface area contributed by atoms with Crippen LogP contribution in [0.1, 0.15) is 17.0 Å². The lowest BCUT2D eigenvalue weighted by Crippen LogP contribution is -2.33. The molecule has 140 valence electrons. The zero-order valence-corrected chi connectivity index (χ0v) is 15.4. The van der Waals surface area contributed by atoms with Gasteiger partial charge in [0.15, 0.2) is 0 Å². The summed E-state index contributed by atoms with van der Waals surface area (Å²) in [6.07, 6.45) is 12.3. The number of allylic oxidation sites excluding steroid dienone is 3. The smallest absolute Gasteiger partial charge is 0.139 e. The van der Waals surface area contributed by atoms with Crippen LogP contribution in [0.4, 0.5) is 0 Å². The molecule has 8 heteroatoms. The normalized spacial score (nSPS) is 18.5. The van der Waals surface area contributed by atoms with Gasteiger partial charge in [-0.05, 0) is 41.5 Å². The molecule has 2 unspecified atom stereocenters. The zero-order chi connectivity index (χ0) is 19.5. The third kappa shape index (κ3) is 3.50. The van der Waals surface area contributed by atoms with Crippen molar-refractivity contribution in [1.29, 1.82) is 5.26 Å². The number of aromatic hydroxyl groups is 1. The van der Waals surface area contributed by atoms with E-state index in [9.17, 15) is 10.4 Å². The second-order valence-electron chi connectivity index (χ2n) is 6.37. The fourth-order valence-electron chi connectivity index (χ4n) is 3.18. The zero-order valence-electron chi connectivity index (χ0n) is 14.7. The molecule has 0 saturated heterocycles. The van der Waals surface area contributed by atoms with Crippen molar-refractivity contribution in [1.82, 2.24) is 14.9 Å². The minimum absolute atomic E-state index is 0.0370. The topological polar surface area (TPSA) is 91.1 Å². The first-order valence-electron chi connectivity index (χ1n) is 8.57. The summed E-state index contributed by atoms with van der Waals surface area (Å²) < 4.78 is 6.97. The number of hydrogen-bond donors (Lipinski definition) is 1. The number of benzene rings is 1. The van der Waals surface area contributed by atoms with Crippen LogP contribution in [0, 0.1) is 17.2 Å². The third-order valence-electron chi connectivity index (χ3n) is 4.62.